The van der Waals surface area contributed by atoms with Gasteiger partial charge in [-0.2, -0.15) is 0 Å². The highest BCUT2D eigenvalue weighted by molar-refractivity contribution is 5.77. The molecule has 1 amide bonds. The van der Waals surface area contributed by atoms with Crippen LogP contribution in [0.5, 0.6) is 0 Å². The Kier molecular flexibility index (Phi) is 2.17. The van der Waals surface area contributed by atoms with Gasteiger partial charge in [0.2, 0.25) is 5.91 Å². The summed E-state index contributed by atoms with van der Waals surface area (Å²) < 4.78 is 12.9. The molecule has 1 heterocycles. The number of nitrogens with one attached hydrogen (secondary N) is 1. The Balaban J connectivity index is 2.19. The molecule has 1 aliphatic carbocycles. The molecule has 0 aromatic heterocycles. The van der Waals surface area contributed by atoms with Gasteiger partial charge < -0.3 is 5.32 Å². The topological polar surface area (TPSA) is 29.1 Å². The van der Waals surface area contributed by atoms with E-state index in [0.717, 1.165) is 18.4 Å². The third kappa shape index (κ3) is 1.79. The Morgan fingerprint density at radius 3 is 3.08 bits per heavy atom. The SMILES string of the molecule is O=C1CCCC2=CC=C(F)CC2N1. The predicted octanol–water partition coefficient (Wildman–Crippen LogP) is 1.84. The summed E-state index contributed by atoms with van der Waals surface area (Å²) >= 11 is 0. The quantitative estimate of drug-likeness (QED) is 0.607. The molecule has 2 aliphatic rings. The number of fused-ring (bicyclic) bond motifs is 1. The fraction of sp³-hybridized carbons (Fsp3) is 0.500. The van der Waals surface area contributed by atoms with Crippen LogP contribution in [0.4, 0.5) is 4.39 Å². The van der Waals surface area contributed by atoms with E-state index in [2.05, 4.69) is 5.32 Å². The van der Waals surface area contributed by atoms with Crippen molar-refractivity contribution in [2.45, 2.75) is 31.7 Å². The lowest BCUT2D eigenvalue weighted by Crippen LogP contribution is -2.35. The van der Waals surface area contributed by atoms with Gasteiger partial charge in [-0.05, 0) is 24.5 Å². The molecular formula is C10H12FNO. The Hall–Kier alpha value is -1.12. The maximum Gasteiger partial charge on any atom is 0.220 e. The minimum absolute atomic E-state index is 0.0445. The molecule has 1 unspecified atom stereocenters. The summed E-state index contributed by atoms with van der Waals surface area (Å²) in [7, 11) is 0. The molecule has 3 heteroatoms. The first-order valence-corrected chi connectivity index (χ1v) is 4.60. The van der Waals surface area contributed by atoms with E-state index in [9.17, 15) is 9.18 Å². The predicted molar refractivity (Wildman–Crippen MR) is 47.7 cm³/mol. The zero-order chi connectivity index (χ0) is 9.26. The Labute approximate surface area is 76.5 Å². The van der Waals surface area contributed by atoms with Gasteiger partial charge in [-0.3, -0.25) is 4.79 Å². The van der Waals surface area contributed by atoms with Crippen LogP contribution in [-0.2, 0) is 4.79 Å². The summed E-state index contributed by atoms with van der Waals surface area (Å²) in [6, 6.07) is -0.0833. The summed E-state index contributed by atoms with van der Waals surface area (Å²) in [4.78, 5) is 11.2. The van der Waals surface area contributed by atoms with E-state index in [1.165, 1.54) is 6.08 Å². The molecule has 1 saturated heterocycles. The highest BCUT2D eigenvalue weighted by Crippen LogP contribution is 2.25. The van der Waals surface area contributed by atoms with Gasteiger partial charge in [0.15, 0.2) is 0 Å². The molecule has 1 fully saturated rings. The summed E-state index contributed by atoms with van der Waals surface area (Å²) in [5.41, 5.74) is 1.16. The minimum atomic E-state index is -0.143. The van der Waals surface area contributed by atoms with Gasteiger partial charge in [-0.25, -0.2) is 4.39 Å². The Morgan fingerprint density at radius 1 is 1.38 bits per heavy atom. The van der Waals surface area contributed by atoms with Crippen molar-refractivity contribution < 1.29 is 9.18 Å². The fourth-order valence-corrected chi connectivity index (χ4v) is 1.83. The van der Waals surface area contributed by atoms with Gasteiger partial charge in [0.1, 0.15) is 5.83 Å². The van der Waals surface area contributed by atoms with Crippen molar-refractivity contribution in [1.82, 2.24) is 5.32 Å². The molecule has 70 valence electrons. The zero-order valence-electron chi connectivity index (χ0n) is 7.35. The molecule has 1 N–H and O–H groups in total. The molecule has 13 heavy (non-hydrogen) atoms. The molecule has 0 bridgehead atoms. The van der Waals surface area contributed by atoms with Crippen molar-refractivity contribution in [2.24, 2.45) is 0 Å². The number of halogens is 1. The Morgan fingerprint density at radius 2 is 2.23 bits per heavy atom. The molecule has 1 aliphatic heterocycles. The number of rotatable bonds is 0. The van der Waals surface area contributed by atoms with Crippen LogP contribution >= 0.6 is 0 Å². The number of carbonyl (C=O) groups is 1. The summed E-state index contributed by atoms with van der Waals surface area (Å²) in [6.45, 7) is 0. The molecular weight excluding hydrogens is 169 g/mol. The van der Waals surface area contributed by atoms with Crippen LogP contribution in [0.3, 0.4) is 0 Å². The molecule has 2 rings (SSSR count). The largest absolute Gasteiger partial charge is 0.349 e. The average Bonchev–Trinajstić information content (AvgIpc) is 2.25. The van der Waals surface area contributed by atoms with E-state index < -0.39 is 0 Å². The standard InChI is InChI=1S/C10H12FNO/c11-8-5-4-7-2-1-3-10(13)12-9(7)6-8/h4-5,9H,1-3,6H2,(H,12,13). The number of amides is 1. The van der Waals surface area contributed by atoms with E-state index >= 15 is 0 Å². The summed E-state index contributed by atoms with van der Waals surface area (Å²) in [6.07, 6.45) is 5.99. The van der Waals surface area contributed by atoms with Gasteiger partial charge in [-0.15, -0.1) is 0 Å². The van der Waals surface area contributed by atoms with Crippen LogP contribution in [0.15, 0.2) is 23.6 Å². The van der Waals surface area contributed by atoms with Crippen LogP contribution < -0.4 is 5.32 Å². The second-order valence-corrected chi connectivity index (χ2v) is 3.53. The highest BCUT2D eigenvalue weighted by atomic mass is 19.1. The van der Waals surface area contributed by atoms with Crippen molar-refractivity contribution in [3.05, 3.63) is 23.6 Å². The maximum atomic E-state index is 12.9. The van der Waals surface area contributed by atoms with Crippen LogP contribution in [-0.4, -0.2) is 11.9 Å². The normalized spacial score (nSPS) is 28.1. The first-order chi connectivity index (χ1) is 6.25. The third-order valence-electron chi connectivity index (χ3n) is 2.53. The monoisotopic (exact) mass is 181 g/mol. The molecule has 0 saturated carbocycles. The lowest BCUT2D eigenvalue weighted by molar-refractivity contribution is -0.121. The maximum absolute atomic E-state index is 12.9. The fourth-order valence-electron chi connectivity index (χ4n) is 1.83. The van der Waals surface area contributed by atoms with Crippen LogP contribution in [0.1, 0.15) is 25.7 Å². The van der Waals surface area contributed by atoms with Gasteiger partial charge in [0.05, 0.1) is 6.04 Å². The molecule has 0 aromatic carbocycles. The minimum Gasteiger partial charge on any atom is -0.349 e. The number of hydrogen-bond acceptors (Lipinski definition) is 1. The van der Waals surface area contributed by atoms with Crippen LogP contribution in [0, 0.1) is 0 Å². The zero-order valence-corrected chi connectivity index (χ0v) is 7.35. The second-order valence-electron chi connectivity index (χ2n) is 3.53. The van der Waals surface area contributed by atoms with Crippen LogP contribution in [0.2, 0.25) is 0 Å². The van der Waals surface area contributed by atoms with E-state index in [-0.39, 0.29) is 17.8 Å². The third-order valence-corrected chi connectivity index (χ3v) is 2.53. The van der Waals surface area contributed by atoms with Crippen LogP contribution in [0.25, 0.3) is 0 Å². The number of carbonyl (C=O) groups excluding carboxylic acids is 1. The summed E-state index contributed by atoms with van der Waals surface area (Å²) in [5, 5.41) is 2.82. The first kappa shape index (κ1) is 8.48. The average molecular weight is 181 g/mol. The van der Waals surface area contributed by atoms with E-state index in [4.69, 9.17) is 0 Å². The number of allylic oxidation sites excluding steroid dienone is 2. The van der Waals surface area contributed by atoms with Gasteiger partial charge in [0, 0.05) is 12.8 Å². The van der Waals surface area contributed by atoms with Crippen molar-refractivity contribution in [1.29, 1.82) is 0 Å². The number of hydrogen-bond donors (Lipinski definition) is 1. The van der Waals surface area contributed by atoms with E-state index in [1.807, 2.05) is 0 Å². The molecule has 2 nitrogen and oxygen atoms in total. The summed E-state index contributed by atoms with van der Waals surface area (Å²) in [5.74, 6) is -0.0981. The Bertz CT molecular complexity index is 293. The highest BCUT2D eigenvalue weighted by Gasteiger charge is 2.23. The second kappa shape index (κ2) is 3.32. The molecule has 1 atom stereocenters. The van der Waals surface area contributed by atoms with Crippen molar-refractivity contribution >= 4 is 5.91 Å². The lowest BCUT2D eigenvalue weighted by atomic mass is 9.95. The molecule has 0 radical (unpaired) electrons. The smallest absolute Gasteiger partial charge is 0.220 e. The van der Waals surface area contributed by atoms with Crippen molar-refractivity contribution in [3.63, 3.8) is 0 Å². The van der Waals surface area contributed by atoms with Gasteiger partial charge in [-0.1, -0.05) is 6.08 Å². The lowest BCUT2D eigenvalue weighted by Gasteiger charge is -2.20. The van der Waals surface area contributed by atoms with Crippen molar-refractivity contribution in [2.75, 3.05) is 0 Å². The van der Waals surface area contributed by atoms with Gasteiger partial charge in [0.25, 0.3) is 0 Å². The van der Waals surface area contributed by atoms with E-state index in [1.54, 1.807) is 6.08 Å². The molecule has 0 spiro atoms. The van der Waals surface area contributed by atoms with E-state index in [0.29, 0.717) is 12.8 Å². The molecule has 0 aromatic rings. The van der Waals surface area contributed by atoms with Crippen molar-refractivity contribution in [3.8, 4) is 0 Å². The van der Waals surface area contributed by atoms with Gasteiger partial charge >= 0.3 is 0 Å². The first-order valence-electron chi connectivity index (χ1n) is 4.60.